The molecule has 0 aliphatic heterocycles. The Labute approximate surface area is 208 Å². The highest BCUT2D eigenvalue weighted by Gasteiger charge is 2.38. The van der Waals surface area contributed by atoms with Gasteiger partial charge < -0.3 is 0 Å². The van der Waals surface area contributed by atoms with Gasteiger partial charge in [0.1, 0.15) is 6.33 Å². The van der Waals surface area contributed by atoms with Gasteiger partial charge in [-0.2, -0.15) is 0 Å². The Morgan fingerprint density at radius 2 is 1.80 bits per heavy atom. The molecule has 0 bridgehead atoms. The lowest BCUT2D eigenvalue weighted by atomic mass is 10.1. The van der Waals surface area contributed by atoms with Gasteiger partial charge >= 0.3 is 0 Å². The molecule has 0 fully saturated rings. The van der Waals surface area contributed by atoms with Gasteiger partial charge in [-0.1, -0.05) is 71.9 Å². The van der Waals surface area contributed by atoms with E-state index in [0.29, 0.717) is 5.16 Å². The summed E-state index contributed by atoms with van der Waals surface area (Å²) in [6.07, 6.45) is 7.05. The van der Waals surface area contributed by atoms with Gasteiger partial charge in [-0.3, -0.25) is 5.43 Å². The second kappa shape index (κ2) is 8.82. The van der Waals surface area contributed by atoms with Gasteiger partial charge in [0.15, 0.2) is 0 Å². The van der Waals surface area contributed by atoms with Crippen molar-refractivity contribution in [3.63, 3.8) is 0 Å². The van der Waals surface area contributed by atoms with E-state index in [9.17, 15) is 8.42 Å². The summed E-state index contributed by atoms with van der Waals surface area (Å²) >= 11 is 1.52. The highest BCUT2D eigenvalue weighted by Crippen LogP contribution is 2.53. The van der Waals surface area contributed by atoms with E-state index in [1.165, 1.54) is 11.8 Å². The van der Waals surface area contributed by atoms with Crippen LogP contribution in [-0.4, -0.2) is 23.3 Å². The number of aromatic nitrogens is 3. The van der Waals surface area contributed by atoms with Gasteiger partial charge in [0.2, 0.25) is 15.2 Å². The highest BCUT2D eigenvalue weighted by molar-refractivity contribution is 7.99. The van der Waals surface area contributed by atoms with Crippen LogP contribution in [0.4, 0.5) is 0 Å². The monoisotopic (exact) mass is 503 g/mol. The van der Waals surface area contributed by atoms with Crippen molar-refractivity contribution in [2.24, 2.45) is 0 Å². The van der Waals surface area contributed by atoms with Crippen LogP contribution in [0.3, 0.4) is 0 Å². The zero-order valence-electron chi connectivity index (χ0n) is 19.2. The number of hydrogen-bond acceptors (Lipinski definition) is 6. The summed E-state index contributed by atoms with van der Waals surface area (Å²) in [5.41, 5.74) is 7.63. The number of aryl methyl sites for hydroxylation is 1. The van der Waals surface area contributed by atoms with Crippen molar-refractivity contribution < 1.29 is 8.42 Å². The summed E-state index contributed by atoms with van der Waals surface area (Å²) in [5, 5.41) is 11.2. The maximum atomic E-state index is 13.4. The van der Waals surface area contributed by atoms with Crippen LogP contribution in [0.2, 0.25) is 0 Å². The van der Waals surface area contributed by atoms with Crippen LogP contribution < -0.4 is 10.1 Å². The third kappa shape index (κ3) is 4.13. The van der Waals surface area contributed by atoms with Crippen LogP contribution in [0, 0.1) is 6.92 Å². The third-order valence-corrected chi connectivity index (χ3v) is 9.31. The minimum atomic E-state index is -3.75. The Kier molecular flexibility index (Phi) is 5.63. The number of sulfonamides is 1. The lowest BCUT2D eigenvalue weighted by molar-refractivity contribution is 0.557. The van der Waals surface area contributed by atoms with Gasteiger partial charge in [0.05, 0.1) is 16.2 Å². The van der Waals surface area contributed by atoms with Crippen molar-refractivity contribution in [3.8, 4) is 0 Å². The molecule has 2 N–H and O–H groups in total. The Bertz CT molecular complexity index is 1540. The van der Waals surface area contributed by atoms with E-state index in [1.54, 1.807) is 18.5 Å². The van der Waals surface area contributed by atoms with Crippen molar-refractivity contribution in [1.82, 2.24) is 19.6 Å². The molecular weight excluding hydrogens is 478 g/mol. The van der Waals surface area contributed by atoms with Crippen molar-refractivity contribution in [3.05, 3.63) is 95.5 Å². The fourth-order valence-corrected chi connectivity index (χ4v) is 7.39. The molecule has 0 spiro atoms. The van der Waals surface area contributed by atoms with E-state index in [0.717, 1.165) is 52.4 Å². The summed E-state index contributed by atoms with van der Waals surface area (Å²) in [6.45, 7) is 1.94. The standard InChI is InChI=1S/C26H25N5O2S2/c1-17-12-14-20(15-13-17)35(32,33)30-24-21-10-4-6-18-7-5-11-22(23(18)21)25(24)34-26-28-27-16-31(26)29-19-8-2-3-9-19/h4-8,10-16,24-25,29-30H,2-3,9H2,1H3/t24-,25-/m0/s1. The normalized spacial score (nSPS) is 19.3. The minimum Gasteiger partial charge on any atom is -0.295 e. The summed E-state index contributed by atoms with van der Waals surface area (Å²) in [5.74, 6) is 0. The van der Waals surface area contributed by atoms with Gasteiger partial charge in [-0.05, 0) is 60.2 Å². The molecule has 178 valence electrons. The van der Waals surface area contributed by atoms with Crippen molar-refractivity contribution in [2.45, 2.75) is 47.5 Å². The van der Waals surface area contributed by atoms with Crippen LogP contribution >= 0.6 is 11.8 Å². The molecule has 2 aliphatic rings. The molecule has 9 heteroatoms. The molecule has 0 saturated carbocycles. The van der Waals surface area contributed by atoms with Gasteiger partial charge in [-0.25, -0.2) is 17.8 Å². The number of hydrogen-bond donors (Lipinski definition) is 2. The zero-order valence-corrected chi connectivity index (χ0v) is 20.8. The molecule has 0 amide bonds. The lowest BCUT2D eigenvalue weighted by Crippen LogP contribution is -2.30. The summed E-state index contributed by atoms with van der Waals surface area (Å²) in [4.78, 5) is 0.257. The first-order chi connectivity index (χ1) is 17.0. The fraction of sp³-hybridized carbons (Fsp3) is 0.231. The summed E-state index contributed by atoms with van der Waals surface area (Å²) in [7, 11) is -3.75. The number of rotatable bonds is 7. The molecular formula is C26H25N5O2S2. The molecule has 7 nitrogen and oxygen atoms in total. The molecule has 1 heterocycles. The third-order valence-electron chi connectivity index (χ3n) is 6.58. The van der Waals surface area contributed by atoms with E-state index in [-0.39, 0.29) is 10.1 Å². The second-order valence-electron chi connectivity index (χ2n) is 8.96. The van der Waals surface area contributed by atoms with Gasteiger partial charge in [-0.15, -0.1) is 10.2 Å². The van der Waals surface area contributed by atoms with Crippen molar-refractivity contribution in [2.75, 3.05) is 5.43 Å². The molecule has 35 heavy (non-hydrogen) atoms. The molecule has 4 aromatic rings. The summed E-state index contributed by atoms with van der Waals surface area (Å²) in [6, 6.07) is 18.7. The fourth-order valence-electron chi connectivity index (χ4n) is 4.87. The van der Waals surface area contributed by atoms with Crippen LogP contribution in [0.5, 0.6) is 0 Å². The topological polar surface area (TPSA) is 88.9 Å². The highest BCUT2D eigenvalue weighted by atomic mass is 32.2. The average Bonchev–Trinajstić information content (AvgIpc) is 3.59. The maximum Gasteiger partial charge on any atom is 0.241 e. The predicted octanol–water partition coefficient (Wildman–Crippen LogP) is 5.22. The van der Waals surface area contributed by atoms with Gasteiger partial charge in [0, 0.05) is 5.70 Å². The first-order valence-corrected chi connectivity index (χ1v) is 14.0. The molecule has 3 aromatic carbocycles. The van der Waals surface area contributed by atoms with E-state index in [1.807, 2.05) is 41.9 Å². The number of allylic oxidation sites excluding steroid dienone is 2. The molecule has 0 saturated heterocycles. The van der Waals surface area contributed by atoms with Gasteiger partial charge in [0.25, 0.3) is 0 Å². The van der Waals surface area contributed by atoms with E-state index >= 15 is 0 Å². The zero-order chi connectivity index (χ0) is 24.0. The molecule has 1 aromatic heterocycles. The number of nitrogens with zero attached hydrogens (tertiary/aromatic N) is 3. The maximum absolute atomic E-state index is 13.4. The largest absolute Gasteiger partial charge is 0.295 e. The summed E-state index contributed by atoms with van der Waals surface area (Å²) < 4.78 is 31.7. The molecule has 0 radical (unpaired) electrons. The van der Waals surface area contributed by atoms with Crippen molar-refractivity contribution >= 4 is 32.6 Å². The van der Waals surface area contributed by atoms with E-state index < -0.39 is 16.1 Å². The Morgan fingerprint density at radius 1 is 1.03 bits per heavy atom. The lowest BCUT2D eigenvalue weighted by Gasteiger charge is -2.23. The van der Waals surface area contributed by atoms with E-state index in [4.69, 9.17) is 0 Å². The van der Waals surface area contributed by atoms with E-state index in [2.05, 4.69) is 44.6 Å². The van der Waals surface area contributed by atoms with Crippen LogP contribution in [0.1, 0.15) is 47.2 Å². The Hall–Kier alpha value is -3.14. The number of thioether (sulfide) groups is 1. The SMILES string of the molecule is Cc1ccc(S(=O)(=O)N[C@H]2c3cccc4cccc(c34)[C@@H]2Sc2nncn2NC2=CCCC2)cc1. The van der Waals surface area contributed by atoms with Crippen molar-refractivity contribution in [1.29, 1.82) is 0 Å². The molecule has 2 aliphatic carbocycles. The second-order valence-corrected chi connectivity index (χ2v) is 11.8. The minimum absolute atomic E-state index is 0.210. The Morgan fingerprint density at radius 3 is 2.54 bits per heavy atom. The van der Waals surface area contributed by atoms with Crippen LogP contribution in [0.25, 0.3) is 10.8 Å². The predicted molar refractivity (Wildman–Crippen MR) is 138 cm³/mol. The smallest absolute Gasteiger partial charge is 0.241 e. The number of nitrogens with one attached hydrogen (secondary N) is 2. The Balaban J connectivity index is 1.38. The number of benzene rings is 3. The molecule has 0 unspecified atom stereocenters. The molecule has 2 atom stereocenters. The average molecular weight is 504 g/mol. The first kappa shape index (κ1) is 22.3. The first-order valence-electron chi connectivity index (χ1n) is 11.6. The quantitative estimate of drug-likeness (QED) is 0.360. The van der Waals surface area contributed by atoms with Crippen LogP contribution in [-0.2, 0) is 10.0 Å². The molecule has 6 rings (SSSR count). The van der Waals surface area contributed by atoms with Crippen LogP contribution in [0.15, 0.2) is 88.8 Å².